The van der Waals surface area contributed by atoms with Gasteiger partial charge >= 0.3 is 0 Å². The minimum absolute atomic E-state index is 0.137. The highest BCUT2D eigenvalue weighted by Crippen LogP contribution is 2.29. The number of carbonyl (C=O) groups is 1. The van der Waals surface area contributed by atoms with Crippen LogP contribution in [0.1, 0.15) is 60.1 Å². The Labute approximate surface area is 140 Å². The minimum atomic E-state index is -0.735. The molecule has 0 spiro atoms. The summed E-state index contributed by atoms with van der Waals surface area (Å²) in [7, 11) is 0. The van der Waals surface area contributed by atoms with Crippen LogP contribution in [0.5, 0.6) is 0 Å². The fraction of sp³-hybridized carbons (Fsp3) is 0.500. The van der Waals surface area contributed by atoms with E-state index < -0.39 is 6.10 Å². The molecule has 2 aromatic rings. The Kier molecular flexibility index (Phi) is 5.51. The molecule has 1 atom stereocenters. The van der Waals surface area contributed by atoms with Crippen molar-refractivity contribution in [3.05, 3.63) is 46.0 Å². The summed E-state index contributed by atoms with van der Waals surface area (Å²) in [5.74, 6) is 1.24. The topological polar surface area (TPSA) is 62.5 Å². The number of amides is 1. The Bertz CT molecular complexity index is 614. The third-order valence-electron chi connectivity index (χ3n) is 4.42. The molecule has 0 aliphatic heterocycles. The maximum Gasteiger partial charge on any atom is 0.220 e. The van der Waals surface area contributed by atoms with Gasteiger partial charge in [-0.05, 0) is 43.0 Å². The number of rotatable bonds is 6. The van der Waals surface area contributed by atoms with Gasteiger partial charge < -0.3 is 14.8 Å². The van der Waals surface area contributed by atoms with Crippen LogP contribution in [0.4, 0.5) is 0 Å². The first-order chi connectivity index (χ1) is 11.2. The quantitative estimate of drug-likeness (QED) is 0.839. The van der Waals surface area contributed by atoms with Gasteiger partial charge in [-0.25, -0.2) is 0 Å². The monoisotopic (exact) mass is 333 g/mol. The second kappa shape index (κ2) is 7.79. The van der Waals surface area contributed by atoms with Crippen LogP contribution in [0.15, 0.2) is 34.9 Å². The molecule has 0 aromatic carbocycles. The van der Waals surface area contributed by atoms with Crippen molar-refractivity contribution in [2.75, 3.05) is 0 Å². The number of aliphatic hydroxyl groups excluding tert-OH is 1. The highest BCUT2D eigenvalue weighted by atomic mass is 32.1. The van der Waals surface area contributed by atoms with Crippen LogP contribution in [-0.2, 0) is 11.3 Å². The first-order valence-electron chi connectivity index (χ1n) is 8.29. The summed E-state index contributed by atoms with van der Waals surface area (Å²) in [6, 6.07) is 7.36. The predicted molar refractivity (Wildman–Crippen MR) is 90.1 cm³/mol. The molecule has 124 valence electrons. The van der Waals surface area contributed by atoms with E-state index in [9.17, 15) is 9.90 Å². The van der Waals surface area contributed by atoms with Gasteiger partial charge in [0.25, 0.3) is 0 Å². The van der Waals surface area contributed by atoms with E-state index in [0.29, 0.717) is 24.6 Å². The van der Waals surface area contributed by atoms with Crippen LogP contribution in [0, 0.1) is 5.92 Å². The molecule has 1 saturated carbocycles. The maximum absolute atomic E-state index is 12.0. The van der Waals surface area contributed by atoms with E-state index in [1.807, 2.05) is 12.1 Å². The lowest BCUT2D eigenvalue weighted by Crippen LogP contribution is -2.25. The van der Waals surface area contributed by atoms with Crippen LogP contribution in [0.3, 0.4) is 0 Å². The van der Waals surface area contributed by atoms with Gasteiger partial charge in [-0.3, -0.25) is 4.79 Å². The van der Waals surface area contributed by atoms with Gasteiger partial charge in [-0.15, -0.1) is 11.3 Å². The van der Waals surface area contributed by atoms with Crippen LogP contribution in [-0.4, -0.2) is 11.0 Å². The maximum atomic E-state index is 12.0. The summed E-state index contributed by atoms with van der Waals surface area (Å²) in [5, 5.41) is 13.2. The molecule has 1 fully saturated rings. The zero-order valence-corrected chi connectivity index (χ0v) is 14.0. The molecule has 1 aliphatic rings. The van der Waals surface area contributed by atoms with Gasteiger partial charge in [0, 0.05) is 16.2 Å². The van der Waals surface area contributed by atoms with E-state index in [0.717, 1.165) is 9.75 Å². The number of furan rings is 1. The molecule has 3 rings (SSSR count). The van der Waals surface area contributed by atoms with E-state index in [4.69, 9.17) is 4.42 Å². The van der Waals surface area contributed by atoms with Gasteiger partial charge in [-0.1, -0.05) is 19.3 Å². The van der Waals surface area contributed by atoms with Gasteiger partial charge in [0.2, 0.25) is 5.91 Å². The molecule has 5 heteroatoms. The number of carbonyl (C=O) groups excluding carboxylic acids is 1. The second-order valence-corrected chi connectivity index (χ2v) is 7.41. The van der Waals surface area contributed by atoms with Crippen LogP contribution < -0.4 is 5.32 Å². The largest absolute Gasteiger partial charge is 0.466 e. The number of hydrogen-bond donors (Lipinski definition) is 2. The van der Waals surface area contributed by atoms with E-state index in [1.54, 1.807) is 18.4 Å². The van der Waals surface area contributed by atoms with Crippen molar-refractivity contribution in [3.63, 3.8) is 0 Å². The number of aliphatic hydroxyl groups is 1. The number of nitrogens with one attached hydrogen (secondary N) is 1. The molecule has 2 N–H and O–H groups in total. The van der Waals surface area contributed by atoms with E-state index in [1.165, 1.54) is 43.4 Å². The van der Waals surface area contributed by atoms with Crippen molar-refractivity contribution >= 4 is 17.2 Å². The molecule has 4 nitrogen and oxygen atoms in total. The predicted octanol–water partition coefficient (Wildman–Crippen LogP) is 4.01. The summed E-state index contributed by atoms with van der Waals surface area (Å²) in [6.07, 6.45) is 7.67. The highest BCUT2D eigenvalue weighted by Gasteiger charge is 2.18. The lowest BCUT2D eigenvalue weighted by molar-refractivity contribution is -0.122. The average Bonchev–Trinajstić information content (AvgIpc) is 3.25. The van der Waals surface area contributed by atoms with E-state index >= 15 is 0 Å². The molecule has 0 saturated heterocycles. The van der Waals surface area contributed by atoms with Crippen LogP contribution >= 0.6 is 11.3 Å². The fourth-order valence-corrected chi connectivity index (χ4v) is 4.08. The van der Waals surface area contributed by atoms with Crippen molar-refractivity contribution in [1.29, 1.82) is 0 Å². The van der Waals surface area contributed by atoms with Crippen molar-refractivity contribution in [1.82, 2.24) is 5.32 Å². The summed E-state index contributed by atoms with van der Waals surface area (Å²) < 4.78 is 5.23. The normalized spacial score (nSPS) is 17.1. The van der Waals surface area contributed by atoms with E-state index in [-0.39, 0.29) is 5.91 Å². The van der Waals surface area contributed by atoms with Crippen molar-refractivity contribution in [2.45, 2.75) is 51.2 Å². The Hall–Kier alpha value is -1.59. The first-order valence-corrected chi connectivity index (χ1v) is 9.11. The molecule has 0 radical (unpaired) electrons. The molecule has 0 bridgehead atoms. The lowest BCUT2D eigenvalue weighted by atomic mass is 9.87. The van der Waals surface area contributed by atoms with Crippen molar-refractivity contribution in [3.8, 4) is 0 Å². The van der Waals surface area contributed by atoms with E-state index in [2.05, 4.69) is 5.32 Å². The minimum Gasteiger partial charge on any atom is -0.466 e. The number of hydrogen-bond acceptors (Lipinski definition) is 4. The molecule has 23 heavy (non-hydrogen) atoms. The summed E-state index contributed by atoms with van der Waals surface area (Å²) in [5.41, 5.74) is 0. The molecule has 2 aromatic heterocycles. The summed E-state index contributed by atoms with van der Waals surface area (Å²) in [6.45, 7) is 0.529. The lowest BCUT2D eigenvalue weighted by Gasteiger charge is -2.20. The third-order valence-corrected chi connectivity index (χ3v) is 5.56. The number of thiophene rings is 1. The van der Waals surface area contributed by atoms with Crippen molar-refractivity contribution < 1.29 is 14.3 Å². The summed E-state index contributed by atoms with van der Waals surface area (Å²) >= 11 is 1.50. The Morgan fingerprint density at radius 2 is 2.13 bits per heavy atom. The Balaban J connectivity index is 1.48. The van der Waals surface area contributed by atoms with Crippen LogP contribution in [0.2, 0.25) is 0 Å². The molecular weight excluding hydrogens is 310 g/mol. The average molecular weight is 333 g/mol. The van der Waals surface area contributed by atoms with Gasteiger partial charge in [0.1, 0.15) is 11.9 Å². The zero-order valence-electron chi connectivity index (χ0n) is 13.2. The molecule has 1 aliphatic carbocycles. The van der Waals surface area contributed by atoms with Gasteiger partial charge in [-0.2, -0.15) is 0 Å². The Morgan fingerprint density at radius 1 is 1.30 bits per heavy atom. The fourth-order valence-electron chi connectivity index (χ4n) is 3.13. The first kappa shape index (κ1) is 16.3. The van der Waals surface area contributed by atoms with Gasteiger partial charge in [0.05, 0.1) is 12.8 Å². The van der Waals surface area contributed by atoms with Gasteiger partial charge in [0.15, 0.2) is 0 Å². The molecule has 2 heterocycles. The third kappa shape index (κ3) is 4.45. The Morgan fingerprint density at radius 3 is 2.87 bits per heavy atom. The SMILES string of the molecule is O=C(CC1CCCCC1)NCc1ccc(C(O)c2ccco2)s1. The smallest absolute Gasteiger partial charge is 0.220 e. The zero-order chi connectivity index (χ0) is 16.1. The highest BCUT2D eigenvalue weighted by molar-refractivity contribution is 7.12. The van der Waals surface area contributed by atoms with Crippen molar-refractivity contribution in [2.24, 2.45) is 5.92 Å². The summed E-state index contributed by atoms with van der Waals surface area (Å²) in [4.78, 5) is 13.9. The second-order valence-electron chi connectivity index (χ2n) is 6.21. The molecule has 1 unspecified atom stereocenters. The molecular formula is C18H23NO3S. The van der Waals surface area contributed by atoms with Crippen LogP contribution in [0.25, 0.3) is 0 Å². The molecule has 1 amide bonds. The standard InChI is InChI=1S/C18H23NO3S/c20-17(11-13-5-2-1-3-6-13)19-12-14-8-9-16(23-14)18(21)15-7-4-10-22-15/h4,7-10,13,18,21H,1-3,5-6,11-12H2,(H,19,20).